The van der Waals surface area contributed by atoms with Crippen LogP contribution in [0.25, 0.3) is 6.08 Å². The van der Waals surface area contributed by atoms with Crippen molar-refractivity contribution >= 4 is 29.2 Å². The van der Waals surface area contributed by atoms with Gasteiger partial charge in [0.1, 0.15) is 5.70 Å². The molecule has 0 unspecified atom stereocenters. The zero-order valence-electron chi connectivity index (χ0n) is 14.8. The zero-order valence-corrected chi connectivity index (χ0v) is 15.6. The molecule has 1 aromatic carbocycles. The monoisotopic (exact) mass is 377 g/mol. The number of nitrogens with zero attached hydrogens (tertiary/aromatic N) is 1. The van der Waals surface area contributed by atoms with Gasteiger partial charge in [-0.15, -0.1) is 11.3 Å². The van der Waals surface area contributed by atoms with Crippen LogP contribution < -0.4 is 10.6 Å². The summed E-state index contributed by atoms with van der Waals surface area (Å²) in [4.78, 5) is 30.2. The van der Waals surface area contributed by atoms with E-state index in [0.29, 0.717) is 5.56 Å². The van der Waals surface area contributed by atoms with Gasteiger partial charge in [0.2, 0.25) is 0 Å². The molecule has 2 N–H and O–H groups in total. The van der Waals surface area contributed by atoms with Crippen molar-refractivity contribution in [3.63, 3.8) is 0 Å². The quantitative estimate of drug-likeness (QED) is 0.646. The summed E-state index contributed by atoms with van der Waals surface area (Å²) in [5.74, 6) is -0.694. The number of rotatable bonds is 6. The lowest BCUT2D eigenvalue weighted by atomic mass is 10.1. The highest BCUT2D eigenvalue weighted by Crippen LogP contribution is 2.13. The Hall–Kier alpha value is -3.25. The van der Waals surface area contributed by atoms with Crippen molar-refractivity contribution in [1.29, 1.82) is 0 Å². The average Bonchev–Trinajstić information content (AvgIpc) is 3.20. The van der Waals surface area contributed by atoms with Gasteiger partial charge in [0, 0.05) is 16.6 Å². The second kappa shape index (κ2) is 8.91. The number of hydrogen-bond donors (Lipinski definition) is 2. The first-order valence-electron chi connectivity index (χ1n) is 8.43. The number of aromatic nitrogens is 1. The largest absolute Gasteiger partial charge is 0.345 e. The van der Waals surface area contributed by atoms with Crippen molar-refractivity contribution in [1.82, 2.24) is 15.6 Å². The Morgan fingerprint density at radius 3 is 2.56 bits per heavy atom. The summed E-state index contributed by atoms with van der Waals surface area (Å²) in [6, 6.07) is 16.5. The number of amides is 2. The number of aryl methyl sites for hydroxylation is 1. The van der Waals surface area contributed by atoms with E-state index in [0.717, 1.165) is 16.1 Å². The van der Waals surface area contributed by atoms with Crippen LogP contribution in [0.4, 0.5) is 0 Å². The van der Waals surface area contributed by atoms with Crippen LogP contribution in [0.1, 0.15) is 26.5 Å². The van der Waals surface area contributed by atoms with Gasteiger partial charge in [0.15, 0.2) is 0 Å². The van der Waals surface area contributed by atoms with Crippen molar-refractivity contribution in [2.45, 2.75) is 13.5 Å². The van der Waals surface area contributed by atoms with Crippen molar-refractivity contribution in [2.75, 3.05) is 0 Å². The third kappa shape index (κ3) is 5.36. The highest BCUT2D eigenvalue weighted by Gasteiger charge is 2.15. The van der Waals surface area contributed by atoms with Crippen molar-refractivity contribution < 1.29 is 9.59 Å². The van der Waals surface area contributed by atoms with Gasteiger partial charge in [-0.2, -0.15) is 0 Å². The molecule has 0 spiro atoms. The second-order valence-electron chi connectivity index (χ2n) is 5.90. The normalized spacial score (nSPS) is 11.1. The number of carbonyl (C=O) groups excluding carboxylic acids is 2. The van der Waals surface area contributed by atoms with Crippen LogP contribution in [0, 0.1) is 6.92 Å². The number of thiophene rings is 1. The number of hydrogen-bond acceptors (Lipinski definition) is 4. The topological polar surface area (TPSA) is 71.1 Å². The van der Waals surface area contributed by atoms with Gasteiger partial charge in [-0.1, -0.05) is 29.8 Å². The summed E-state index contributed by atoms with van der Waals surface area (Å²) in [6.45, 7) is 2.23. The van der Waals surface area contributed by atoms with Gasteiger partial charge in [0.05, 0.1) is 12.2 Å². The summed E-state index contributed by atoms with van der Waals surface area (Å²) in [5.41, 5.74) is 2.49. The Kier molecular flexibility index (Phi) is 6.12. The first kappa shape index (κ1) is 18.5. The van der Waals surface area contributed by atoms with Crippen LogP contribution in [0.2, 0.25) is 0 Å². The van der Waals surface area contributed by atoms with Gasteiger partial charge in [-0.05, 0) is 48.7 Å². The second-order valence-corrected chi connectivity index (χ2v) is 6.88. The third-order valence-corrected chi connectivity index (χ3v) is 4.61. The van der Waals surface area contributed by atoms with E-state index in [1.807, 2.05) is 54.8 Å². The van der Waals surface area contributed by atoms with Crippen LogP contribution in [-0.4, -0.2) is 16.8 Å². The number of pyridine rings is 1. The van der Waals surface area contributed by atoms with Crippen LogP contribution >= 0.6 is 11.3 Å². The smallest absolute Gasteiger partial charge is 0.268 e. The van der Waals surface area contributed by atoms with E-state index in [1.165, 1.54) is 11.3 Å². The molecule has 2 heterocycles. The van der Waals surface area contributed by atoms with E-state index in [9.17, 15) is 9.59 Å². The van der Waals surface area contributed by atoms with Gasteiger partial charge in [-0.3, -0.25) is 14.6 Å². The molecule has 2 aromatic heterocycles. The fraction of sp³-hybridized carbons (Fsp3) is 0.0952. The molecule has 27 heavy (non-hydrogen) atoms. The van der Waals surface area contributed by atoms with E-state index in [4.69, 9.17) is 0 Å². The van der Waals surface area contributed by atoms with Crippen LogP contribution in [0.3, 0.4) is 0 Å². The molecule has 5 nitrogen and oxygen atoms in total. The molecule has 3 rings (SSSR count). The Morgan fingerprint density at radius 1 is 1.07 bits per heavy atom. The predicted octanol–water partition coefficient (Wildman–Crippen LogP) is 3.54. The Morgan fingerprint density at radius 2 is 1.89 bits per heavy atom. The minimum atomic E-state index is -0.366. The third-order valence-electron chi connectivity index (χ3n) is 3.79. The van der Waals surface area contributed by atoms with E-state index in [-0.39, 0.29) is 24.1 Å². The first-order valence-corrected chi connectivity index (χ1v) is 9.31. The van der Waals surface area contributed by atoms with Gasteiger partial charge in [0.25, 0.3) is 11.8 Å². The molecular weight excluding hydrogens is 358 g/mol. The summed E-state index contributed by atoms with van der Waals surface area (Å²) in [5, 5.41) is 7.43. The van der Waals surface area contributed by atoms with E-state index >= 15 is 0 Å². The molecule has 0 saturated heterocycles. The number of nitrogens with one attached hydrogen (secondary N) is 2. The van der Waals surface area contributed by atoms with Gasteiger partial charge >= 0.3 is 0 Å². The first-order chi connectivity index (χ1) is 13.1. The lowest BCUT2D eigenvalue weighted by molar-refractivity contribution is -0.117. The van der Waals surface area contributed by atoms with Crippen LogP contribution in [-0.2, 0) is 11.3 Å². The molecule has 2 amide bonds. The maximum absolute atomic E-state index is 12.6. The summed E-state index contributed by atoms with van der Waals surface area (Å²) in [6.07, 6.45) is 3.34. The summed E-state index contributed by atoms with van der Waals surface area (Å²) >= 11 is 1.49. The standard InChI is InChI=1S/C21H19N3O2S/c1-15-7-9-16(10-8-15)20(25)24-19(13-18-6-4-12-27-18)21(26)23-14-17-5-2-3-11-22-17/h2-13H,14H2,1H3,(H,23,26)(H,24,25)/b19-13-. The minimum absolute atomic E-state index is 0.193. The van der Waals surface area contributed by atoms with Crippen LogP contribution in [0.5, 0.6) is 0 Å². The van der Waals surface area contributed by atoms with E-state index in [1.54, 1.807) is 24.4 Å². The highest BCUT2D eigenvalue weighted by molar-refractivity contribution is 7.10. The molecule has 0 fully saturated rings. The van der Waals surface area contributed by atoms with Gasteiger partial charge in [-0.25, -0.2) is 0 Å². The molecule has 0 bridgehead atoms. The highest BCUT2D eigenvalue weighted by atomic mass is 32.1. The Balaban J connectivity index is 1.75. The van der Waals surface area contributed by atoms with Crippen molar-refractivity contribution in [2.24, 2.45) is 0 Å². The predicted molar refractivity (Wildman–Crippen MR) is 107 cm³/mol. The molecule has 3 aromatic rings. The zero-order chi connectivity index (χ0) is 19.1. The van der Waals surface area contributed by atoms with Crippen LogP contribution in [0.15, 0.2) is 71.9 Å². The summed E-state index contributed by atoms with van der Waals surface area (Å²) < 4.78 is 0. The lowest BCUT2D eigenvalue weighted by Crippen LogP contribution is -2.34. The van der Waals surface area contributed by atoms with E-state index in [2.05, 4.69) is 15.6 Å². The number of carbonyl (C=O) groups is 2. The Labute approximate surface area is 161 Å². The average molecular weight is 377 g/mol. The lowest BCUT2D eigenvalue weighted by Gasteiger charge is -2.11. The SMILES string of the molecule is Cc1ccc(C(=O)N/C(=C\c2cccs2)C(=O)NCc2ccccn2)cc1. The minimum Gasteiger partial charge on any atom is -0.345 e. The maximum Gasteiger partial charge on any atom is 0.268 e. The van der Waals surface area contributed by atoms with Crippen molar-refractivity contribution in [3.8, 4) is 0 Å². The van der Waals surface area contributed by atoms with E-state index < -0.39 is 0 Å². The molecule has 6 heteroatoms. The fourth-order valence-corrected chi connectivity index (χ4v) is 3.00. The maximum atomic E-state index is 12.6. The molecule has 136 valence electrons. The Bertz CT molecular complexity index is 933. The molecular formula is C21H19N3O2S. The molecule has 0 aliphatic rings. The van der Waals surface area contributed by atoms with Gasteiger partial charge < -0.3 is 10.6 Å². The number of benzene rings is 1. The summed E-state index contributed by atoms with van der Waals surface area (Å²) in [7, 11) is 0. The fourth-order valence-electron chi connectivity index (χ4n) is 2.34. The molecule has 0 saturated carbocycles. The van der Waals surface area contributed by atoms with Crippen molar-refractivity contribution in [3.05, 3.63) is 93.6 Å². The molecule has 0 aliphatic heterocycles. The molecule has 0 aliphatic carbocycles. The molecule has 0 atom stereocenters. The molecule has 0 radical (unpaired) electrons.